The zero-order chi connectivity index (χ0) is 17.3. The van der Waals surface area contributed by atoms with E-state index in [0.717, 1.165) is 37.0 Å². The molecular weight excluding hydrogens is 318 g/mol. The highest BCUT2D eigenvalue weighted by Crippen LogP contribution is 2.24. The molecule has 1 aromatic carbocycles. The fourth-order valence-electron chi connectivity index (χ4n) is 4.01. The molecule has 0 radical (unpaired) electrons. The zero-order valence-electron chi connectivity index (χ0n) is 14.5. The number of rotatable bonds is 4. The van der Waals surface area contributed by atoms with E-state index in [1.165, 1.54) is 17.6 Å². The van der Waals surface area contributed by atoms with Crippen molar-refractivity contribution in [2.24, 2.45) is 0 Å². The number of hydrogen-bond donors (Lipinski definition) is 1. The predicted octanol–water partition coefficient (Wildman–Crippen LogP) is 0.881. The summed E-state index contributed by atoms with van der Waals surface area (Å²) in [6.45, 7) is 4.00. The van der Waals surface area contributed by atoms with Crippen molar-refractivity contribution in [1.82, 2.24) is 24.8 Å². The van der Waals surface area contributed by atoms with Gasteiger partial charge in [0.1, 0.15) is 17.6 Å². The first-order chi connectivity index (χ1) is 12.1. The number of nitrogens with zero attached hydrogens (tertiary/aromatic N) is 5. The van der Waals surface area contributed by atoms with Crippen LogP contribution in [0.15, 0.2) is 24.3 Å². The molecular formula is C18H25N5O2. The zero-order valence-corrected chi connectivity index (χ0v) is 14.5. The van der Waals surface area contributed by atoms with Crippen LogP contribution in [0.5, 0.6) is 0 Å². The van der Waals surface area contributed by atoms with Crippen LogP contribution in [0.1, 0.15) is 25.7 Å². The van der Waals surface area contributed by atoms with Crippen molar-refractivity contribution in [2.75, 3.05) is 32.7 Å². The number of likely N-dealkylation sites (tertiary alicyclic amines) is 2. The number of hydrogen-bond acceptors (Lipinski definition) is 5. The van der Waals surface area contributed by atoms with E-state index in [1.54, 1.807) is 4.90 Å². The average molecular weight is 343 g/mol. The minimum Gasteiger partial charge on any atom is -0.387 e. The molecule has 134 valence electrons. The molecule has 1 atom stereocenters. The van der Waals surface area contributed by atoms with Crippen LogP contribution in [0, 0.1) is 0 Å². The molecule has 0 saturated carbocycles. The third-order valence-electron chi connectivity index (χ3n) is 5.23. The van der Waals surface area contributed by atoms with E-state index in [4.69, 9.17) is 0 Å². The van der Waals surface area contributed by atoms with E-state index < -0.39 is 5.60 Å². The molecule has 25 heavy (non-hydrogen) atoms. The highest BCUT2D eigenvalue weighted by atomic mass is 16.3. The first kappa shape index (κ1) is 16.5. The number of amides is 1. The highest BCUT2D eigenvalue weighted by molar-refractivity contribution is 5.77. The van der Waals surface area contributed by atoms with Gasteiger partial charge in [0, 0.05) is 13.1 Å². The second kappa shape index (κ2) is 6.72. The van der Waals surface area contributed by atoms with Gasteiger partial charge in [0.2, 0.25) is 5.91 Å². The SMILES string of the molecule is O=C(Cn1nc2ccccc2n1)N1CCCC(O)(CN2CCCC2)C1. The molecule has 0 aliphatic carbocycles. The summed E-state index contributed by atoms with van der Waals surface area (Å²) in [6.07, 6.45) is 4.01. The van der Waals surface area contributed by atoms with Gasteiger partial charge in [0.05, 0.1) is 12.1 Å². The van der Waals surface area contributed by atoms with E-state index in [1.807, 2.05) is 24.3 Å². The molecule has 3 heterocycles. The molecule has 2 saturated heterocycles. The summed E-state index contributed by atoms with van der Waals surface area (Å²) in [4.78, 5) is 18.2. The minimum atomic E-state index is -0.791. The van der Waals surface area contributed by atoms with Gasteiger partial charge in [-0.2, -0.15) is 15.0 Å². The summed E-state index contributed by atoms with van der Waals surface area (Å²) in [5, 5.41) is 19.7. The molecule has 2 aromatic rings. The number of benzene rings is 1. The summed E-state index contributed by atoms with van der Waals surface area (Å²) in [5.41, 5.74) is 0.791. The van der Waals surface area contributed by atoms with Gasteiger partial charge in [-0.15, -0.1) is 0 Å². The Morgan fingerprint density at radius 1 is 1.08 bits per heavy atom. The number of β-amino-alcohol motifs (C(OH)–C–C–N with tert-alkyl or cyclic N) is 1. The molecule has 0 bridgehead atoms. The van der Waals surface area contributed by atoms with Crippen molar-refractivity contribution in [3.63, 3.8) is 0 Å². The molecule has 7 heteroatoms. The third-order valence-corrected chi connectivity index (χ3v) is 5.23. The number of piperidine rings is 1. The Morgan fingerprint density at radius 2 is 1.76 bits per heavy atom. The molecule has 0 spiro atoms. The Hall–Kier alpha value is -1.99. The number of carbonyl (C=O) groups is 1. The lowest BCUT2D eigenvalue weighted by Crippen LogP contribution is -2.55. The number of aliphatic hydroxyl groups is 1. The number of carbonyl (C=O) groups excluding carboxylic acids is 1. The second-order valence-corrected chi connectivity index (χ2v) is 7.35. The largest absolute Gasteiger partial charge is 0.387 e. The maximum atomic E-state index is 12.7. The number of fused-ring (bicyclic) bond motifs is 1. The van der Waals surface area contributed by atoms with Crippen LogP contribution in [-0.4, -0.2) is 74.1 Å². The van der Waals surface area contributed by atoms with Crippen LogP contribution >= 0.6 is 0 Å². The quantitative estimate of drug-likeness (QED) is 0.892. The lowest BCUT2D eigenvalue weighted by Gasteiger charge is -2.41. The van der Waals surface area contributed by atoms with Gasteiger partial charge in [-0.25, -0.2) is 0 Å². The maximum absolute atomic E-state index is 12.7. The maximum Gasteiger partial charge on any atom is 0.246 e. The van der Waals surface area contributed by atoms with Crippen molar-refractivity contribution in [3.8, 4) is 0 Å². The lowest BCUT2D eigenvalue weighted by atomic mass is 9.92. The molecule has 1 amide bonds. The molecule has 4 rings (SSSR count). The fraction of sp³-hybridized carbons (Fsp3) is 0.611. The van der Waals surface area contributed by atoms with Crippen LogP contribution in [0.25, 0.3) is 11.0 Å². The van der Waals surface area contributed by atoms with E-state index >= 15 is 0 Å². The summed E-state index contributed by atoms with van der Waals surface area (Å²) >= 11 is 0. The average Bonchev–Trinajstić information content (AvgIpc) is 3.23. The molecule has 2 fully saturated rings. The normalized spacial score (nSPS) is 24.9. The van der Waals surface area contributed by atoms with Crippen LogP contribution in [0.3, 0.4) is 0 Å². The summed E-state index contributed by atoms with van der Waals surface area (Å²) in [5.74, 6) is -0.0279. The van der Waals surface area contributed by atoms with Crippen molar-refractivity contribution in [2.45, 2.75) is 37.8 Å². The highest BCUT2D eigenvalue weighted by Gasteiger charge is 2.37. The van der Waals surface area contributed by atoms with E-state index in [2.05, 4.69) is 15.1 Å². The molecule has 7 nitrogen and oxygen atoms in total. The second-order valence-electron chi connectivity index (χ2n) is 7.35. The Labute approximate surface area is 147 Å². The third kappa shape index (κ3) is 3.67. The Morgan fingerprint density at radius 3 is 2.44 bits per heavy atom. The molecule has 1 aromatic heterocycles. The first-order valence-electron chi connectivity index (χ1n) is 9.14. The first-order valence-corrected chi connectivity index (χ1v) is 9.14. The van der Waals surface area contributed by atoms with Crippen molar-refractivity contribution < 1.29 is 9.90 Å². The van der Waals surface area contributed by atoms with Gasteiger partial charge in [-0.05, 0) is 50.9 Å². The molecule has 2 aliphatic heterocycles. The summed E-state index contributed by atoms with van der Waals surface area (Å²) < 4.78 is 0. The number of aromatic nitrogens is 3. The van der Waals surface area contributed by atoms with Gasteiger partial charge in [0.15, 0.2) is 0 Å². The van der Waals surface area contributed by atoms with Crippen LogP contribution < -0.4 is 0 Å². The van der Waals surface area contributed by atoms with E-state index in [0.29, 0.717) is 19.6 Å². The van der Waals surface area contributed by atoms with Gasteiger partial charge in [-0.3, -0.25) is 4.79 Å². The topological polar surface area (TPSA) is 74.5 Å². The Kier molecular flexibility index (Phi) is 4.43. The van der Waals surface area contributed by atoms with Crippen LogP contribution in [0.4, 0.5) is 0 Å². The summed E-state index contributed by atoms with van der Waals surface area (Å²) in [7, 11) is 0. The van der Waals surface area contributed by atoms with E-state index in [-0.39, 0.29) is 12.5 Å². The monoisotopic (exact) mass is 343 g/mol. The standard InChI is InChI=1S/C18H25N5O2/c24-17(12-23-19-15-6-1-2-7-16(15)20-23)22-11-5-8-18(25,14-22)13-21-9-3-4-10-21/h1-2,6-7,25H,3-5,8-14H2. The van der Waals surface area contributed by atoms with Gasteiger partial charge < -0.3 is 14.9 Å². The Bertz CT molecular complexity index is 722. The smallest absolute Gasteiger partial charge is 0.246 e. The van der Waals surface area contributed by atoms with Crippen molar-refractivity contribution >= 4 is 16.9 Å². The van der Waals surface area contributed by atoms with Crippen molar-refractivity contribution in [1.29, 1.82) is 0 Å². The van der Waals surface area contributed by atoms with Gasteiger partial charge in [-0.1, -0.05) is 12.1 Å². The van der Waals surface area contributed by atoms with Gasteiger partial charge >= 0.3 is 0 Å². The van der Waals surface area contributed by atoms with Crippen molar-refractivity contribution in [3.05, 3.63) is 24.3 Å². The minimum absolute atomic E-state index is 0.0279. The Balaban J connectivity index is 1.40. The van der Waals surface area contributed by atoms with Crippen LogP contribution in [-0.2, 0) is 11.3 Å². The predicted molar refractivity (Wildman–Crippen MR) is 94.0 cm³/mol. The molecule has 1 N–H and O–H groups in total. The molecule has 2 aliphatic rings. The van der Waals surface area contributed by atoms with E-state index in [9.17, 15) is 9.90 Å². The lowest BCUT2D eigenvalue weighted by molar-refractivity contribution is -0.140. The summed E-state index contributed by atoms with van der Waals surface area (Å²) in [6, 6.07) is 7.59. The fourth-order valence-corrected chi connectivity index (χ4v) is 4.01. The molecule has 1 unspecified atom stereocenters. The van der Waals surface area contributed by atoms with Crippen LogP contribution in [0.2, 0.25) is 0 Å². The van der Waals surface area contributed by atoms with Gasteiger partial charge in [0.25, 0.3) is 0 Å².